The maximum Gasteiger partial charge on any atom is 0.271 e. The molecule has 0 unspecified atom stereocenters. The Morgan fingerprint density at radius 1 is 1.05 bits per heavy atom. The number of benzene rings is 1. The molecule has 1 aliphatic carbocycles. The van der Waals surface area contributed by atoms with Crippen LogP contribution in [0.3, 0.4) is 0 Å². The highest BCUT2D eigenvalue weighted by atomic mass is 16.5. The first kappa shape index (κ1) is 29.8. The zero-order valence-electron chi connectivity index (χ0n) is 24.8. The van der Waals surface area contributed by atoms with Gasteiger partial charge in [-0.15, -0.1) is 0 Å². The van der Waals surface area contributed by atoms with Crippen molar-refractivity contribution < 1.29 is 14.3 Å². The summed E-state index contributed by atoms with van der Waals surface area (Å²) in [5, 5.41) is 6.19. The average Bonchev–Trinajstić information content (AvgIpc) is 3.44. The van der Waals surface area contributed by atoms with Crippen LogP contribution in [0.1, 0.15) is 55.2 Å². The quantitative estimate of drug-likeness (QED) is 0.366. The molecule has 3 fully saturated rings. The highest BCUT2D eigenvalue weighted by Gasteiger charge is 2.32. The molecule has 2 saturated heterocycles. The second-order valence-electron chi connectivity index (χ2n) is 11.5. The topological polar surface area (TPSA) is 129 Å². The average molecular weight is 577 g/mol. The van der Waals surface area contributed by atoms with E-state index < -0.39 is 5.91 Å². The predicted octanol–water partition coefficient (Wildman–Crippen LogP) is 2.70. The fourth-order valence-electron chi connectivity index (χ4n) is 6.22. The molecule has 11 heteroatoms. The van der Waals surface area contributed by atoms with Gasteiger partial charge in [0.25, 0.3) is 5.91 Å². The summed E-state index contributed by atoms with van der Waals surface area (Å²) in [6, 6.07) is 8.69. The Morgan fingerprint density at radius 3 is 2.40 bits per heavy atom. The Balaban J connectivity index is 1.26. The molecule has 0 spiro atoms. The van der Waals surface area contributed by atoms with E-state index in [2.05, 4.69) is 61.1 Å². The number of ether oxygens (including phenoxy) is 1. The predicted molar refractivity (Wildman–Crippen MR) is 164 cm³/mol. The van der Waals surface area contributed by atoms with E-state index in [4.69, 9.17) is 10.5 Å². The summed E-state index contributed by atoms with van der Waals surface area (Å²) in [5.41, 5.74) is 8.26. The first-order valence-corrected chi connectivity index (χ1v) is 15.2. The number of carbonyl (C=O) groups is 2. The third-order valence-electron chi connectivity index (χ3n) is 8.74. The first-order valence-electron chi connectivity index (χ1n) is 15.2. The molecule has 2 amide bonds. The maximum atomic E-state index is 12.3. The van der Waals surface area contributed by atoms with Crippen molar-refractivity contribution in [2.24, 2.45) is 5.73 Å². The number of aryl methyl sites for hydroxylation is 1. The number of carbonyl (C=O) groups excluding carboxylic acids is 2. The van der Waals surface area contributed by atoms with Gasteiger partial charge in [-0.05, 0) is 75.9 Å². The lowest BCUT2D eigenvalue weighted by atomic mass is 10.0. The van der Waals surface area contributed by atoms with Crippen LogP contribution in [-0.4, -0.2) is 96.1 Å². The van der Waals surface area contributed by atoms with Crippen molar-refractivity contribution in [1.29, 1.82) is 0 Å². The third-order valence-corrected chi connectivity index (χ3v) is 8.74. The summed E-state index contributed by atoms with van der Waals surface area (Å²) in [5.74, 6) is -0.302. The van der Waals surface area contributed by atoms with Gasteiger partial charge >= 0.3 is 0 Å². The lowest BCUT2D eigenvalue weighted by molar-refractivity contribution is -0.117. The van der Waals surface area contributed by atoms with E-state index in [-0.39, 0.29) is 29.6 Å². The number of anilines is 3. The van der Waals surface area contributed by atoms with E-state index in [1.54, 1.807) is 0 Å². The lowest BCUT2D eigenvalue weighted by Crippen LogP contribution is -2.52. The number of piperazine rings is 1. The Bertz CT molecular complexity index is 1250. The van der Waals surface area contributed by atoms with Gasteiger partial charge in [-0.3, -0.25) is 14.5 Å². The van der Waals surface area contributed by atoms with Crippen LogP contribution in [0.2, 0.25) is 0 Å². The molecule has 1 aromatic heterocycles. The number of primary amides is 1. The molecule has 226 valence electrons. The van der Waals surface area contributed by atoms with Gasteiger partial charge in [0.1, 0.15) is 11.8 Å². The van der Waals surface area contributed by atoms with E-state index >= 15 is 0 Å². The molecule has 3 aliphatic rings. The van der Waals surface area contributed by atoms with Gasteiger partial charge < -0.3 is 30.9 Å². The number of nitrogens with zero attached hydrogens (tertiary/aromatic N) is 5. The lowest BCUT2D eigenvalue weighted by Gasteiger charge is -2.42. The van der Waals surface area contributed by atoms with Crippen LogP contribution in [0.25, 0.3) is 0 Å². The monoisotopic (exact) mass is 576 g/mol. The molecule has 5 rings (SSSR count). The fraction of sp³-hybridized carbons (Fsp3) is 0.548. The van der Waals surface area contributed by atoms with Crippen molar-refractivity contribution in [2.45, 2.75) is 63.6 Å². The fourth-order valence-corrected chi connectivity index (χ4v) is 6.22. The first-order chi connectivity index (χ1) is 20.3. The number of aromatic nitrogens is 2. The summed E-state index contributed by atoms with van der Waals surface area (Å²) in [7, 11) is 2.20. The number of likely N-dealkylation sites (N-methyl/N-ethyl adjacent to an activating group) is 1. The maximum absolute atomic E-state index is 12.3. The van der Waals surface area contributed by atoms with E-state index in [1.165, 1.54) is 24.6 Å². The summed E-state index contributed by atoms with van der Waals surface area (Å²) < 4.78 is 6.30. The molecule has 3 heterocycles. The van der Waals surface area contributed by atoms with Gasteiger partial charge in [-0.1, -0.05) is 13.5 Å². The molecular weight excluding hydrogens is 532 g/mol. The number of rotatable bonds is 10. The van der Waals surface area contributed by atoms with Crippen LogP contribution >= 0.6 is 0 Å². The number of nitrogens with one attached hydrogen (secondary N) is 2. The van der Waals surface area contributed by atoms with Crippen LogP contribution < -0.4 is 26.0 Å². The number of hydrogen-bond acceptors (Lipinski definition) is 9. The van der Waals surface area contributed by atoms with Crippen LogP contribution in [-0.2, 0) is 11.2 Å². The van der Waals surface area contributed by atoms with Crippen LogP contribution in [0, 0.1) is 0 Å². The number of nitrogens with two attached hydrogens (primary N) is 1. The minimum atomic E-state index is -0.664. The SMILES string of the molecule is C=CC(=O)N[C@H]1CCC[C@H]1Oc1nc(Nc2ccc(N3CCC(N4CCN(C)CC4)CC3)cc2)c(C(N)=O)nc1CC. The van der Waals surface area contributed by atoms with Gasteiger partial charge in [-0.25, -0.2) is 4.98 Å². The summed E-state index contributed by atoms with van der Waals surface area (Å²) in [4.78, 5) is 40.9. The largest absolute Gasteiger partial charge is 0.471 e. The molecule has 0 bridgehead atoms. The molecule has 0 radical (unpaired) electrons. The zero-order valence-corrected chi connectivity index (χ0v) is 24.8. The van der Waals surface area contributed by atoms with Crippen molar-refractivity contribution in [3.05, 3.63) is 48.3 Å². The van der Waals surface area contributed by atoms with E-state index in [1.807, 2.05) is 19.1 Å². The summed E-state index contributed by atoms with van der Waals surface area (Å²) in [6.45, 7) is 12.2. The van der Waals surface area contributed by atoms with Crippen molar-refractivity contribution in [2.75, 3.05) is 56.5 Å². The molecule has 42 heavy (non-hydrogen) atoms. The molecular formula is C31H44N8O3. The van der Waals surface area contributed by atoms with E-state index in [0.717, 1.165) is 64.2 Å². The van der Waals surface area contributed by atoms with E-state index in [9.17, 15) is 9.59 Å². The molecule has 2 aromatic rings. The normalized spacial score (nSPS) is 22.1. The summed E-state index contributed by atoms with van der Waals surface area (Å²) >= 11 is 0. The Kier molecular flexibility index (Phi) is 9.58. The standard InChI is InChI=1S/C31H44N8O3/c1-4-24-31(42-26-8-6-7-25(26)34-27(40)5-2)36-30(28(35-24)29(32)41)33-21-9-11-22(12-10-21)38-15-13-23(14-16-38)39-19-17-37(3)18-20-39/h5,9-12,23,25-26H,2,4,6-8,13-20H2,1,3H3,(H2,32,41)(H,33,36)(H,34,40)/t25-,26+/m0/s1. The van der Waals surface area contributed by atoms with Gasteiger partial charge in [0.2, 0.25) is 11.8 Å². The minimum Gasteiger partial charge on any atom is -0.471 e. The van der Waals surface area contributed by atoms with Crippen LogP contribution in [0.5, 0.6) is 5.88 Å². The third kappa shape index (κ3) is 7.01. The van der Waals surface area contributed by atoms with Crippen molar-refractivity contribution in [1.82, 2.24) is 25.1 Å². The van der Waals surface area contributed by atoms with Crippen LogP contribution in [0.15, 0.2) is 36.9 Å². The Morgan fingerprint density at radius 2 is 1.76 bits per heavy atom. The Labute approximate surface area is 248 Å². The van der Waals surface area contributed by atoms with E-state index in [0.29, 0.717) is 24.0 Å². The van der Waals surface area contributed by atoms with Crippen molar-refractivity contribution in [3.63, 3.8) is 0 Å². The molecule has 1 aromatic carbocycles. The van der Waals surface area contributed by atoms with Crippen LogP contribution in [0.4, 0.5) is 17.2 Å². The smallest absolute Gasteiger partial charge is 0.271 e. The molecule has 1 saturated carbocycles. The van der Waals surface area contributed by atoms with Gasteiger partial charge in [-0.2, -0.15) is 4.98 Å². The van der Waals surface area contributed by atoms with Gasteiger partial charge in [0, 0.05) is 56.7 Å². The van der Waals surface area contributed by atoms with Crippen molar-refractivity contribution >= 4 is 29.0 Å². The Hall–Kier alpha value is -3.70. The molecule has 11 nitrogen and oxygen atoms in total. The minimum absolute atomic E-state index is 0.0668. The second kappa shape index (κ2) is 13.5. The number of piperidine rings is 1. The van der Waals surface area contributed by atoms with Crippen molar-refractivity contribution in [3.8, 4) is 5.88 Å². The highest BCUT2D eigenvalue weighted by Crippen LogP contribution is 2.30. The molecule has 2 aliphatic heterocycles. The molecule has 2 atom stereocenters. The number of hydrogen-bond donors (Lipinski definition) is 3. The highest BCUT2D eigenvalue weighted by molar-refractivity contribution is 5.96. The second-order valence-corrected chi connectivity index (χ2v) is 11.5. The zero-order chi connectivity index (χ0) is 29.6. The number of amides is 2. The van der Waals surface area contributed by atoms with Gasteiger partial charge in [0.05, 0.1) is 6.04 Å². The summed E-state index contributed by atoms with van der Waals surface area (Å²) in [6.07, 6.45) is 6.38. The molecule has 4 N–H and O–H groups in total. The van der Waals surface area contributed by atoms with Gasteiger partial charge in [0.15, 0.2) is 11.5 Å².